The van der Waals surface area contributed by atoms with E-state index >= 15 is 0 Å². The summed E-state index contributed by atoms with van der Waals surface area (Å²) in [6.07, 6.45) is -2.16. The zero-order valence-corrected chi connectivity index (χ0v) is 9.31. The molecule has 4 N–H and O–H groups in total. The standard InChI is InChI=1S/C11H12F2N2O3/c12-5-1-6(10(13)7(14)2-5)11(18)15-3-8(16)9(17)4-15/h1-2,8-9,16-17H,3-4,14H2. The molecule has 7 heteroatoms. The number of anilines is 1. The average molecular weight is 258 g/mol. The van der Waals surface area contributed by atoms with Crippen LogP contribution < -0.4 is 5.73 Å². The van der Waals surface area contributed by atoms with Crippen LogP contribution in [0.15, 0.2) is 12.1 Å². The van der Waals surface area contributed by atoms with Crippen molar-refractivity contribution >= 4 is 11.6 Å². The second-order valence-corrected chi connectivity index (χ2v) is 4.20. The fraction of sp³-hybridized carbons (Fsp3) is 0.364. The normalized spacial score (nSPS) is 23.4. The van der Waals surface area contributed by atoms with E-state index in [4.69, 9.17) is 5.73 Å². The zero-order chi connectivity index (χ0) is 13.4. The van der Waals surface area contributed by atoms with Gasteiger partial charge in [-0.15, -0.1) is 0 Å². The Morgan fingerprint density at radius 3 is 2.39 bits per heavy atom. The van der Waals surface area contributed by atoms with Gasteiger partial charge in [0.1, 0.15) is 5.82 Å². The molecule has 0 aliphatic carbocycles. The number of carbonyl (C=O) groups excluding carboxylic acids is 1. The van der Waals surface area contributed by atoms with E-state index in [0.717, 1.165) is 17.0 Å². The fourth-order valence-corrected chi connectivity index (χ4v) is 1.87. The number of aliphatic hydroxyl groups is 2. The van der Waals surface area contributed by atoms with Crippen LogP contribution in [0.2, 0.25) is 0 Å². The number of benzene rings is 1. The summed E-state index contributed by atoms with van der Waals surface area (Å²) in [5, 5.41) is 18.6. The van der Waals surface area contributed by atoms with Gasteiger partial charge in [0.15, 0.2) is 5.82 Å². The summed E-state index contributed by atoms with van der Waals surface area (Å²) in [5.74, 6) is -2.64. The molecule has 0 radical (unpaired) electrons. The number of halogens is 2. The van der Waals surface area contributed by atoms with Crippen molar-refractivity contribution in [2.75, 3.05) is 18.8 Å². The Bertz CT molecular complexity index is 485. The molecule has 1 amide bonds. The number of amides is 1. The van der Waals surface area contributed by atoms with E-state index in [1.165, 1.54) is 0 Å². The van der Waals surface area contributed by atoms with E-state index in [1.54, 1.807) is 0 Å². The second kappa shape index (κ2) is 4.51. The minimum absolute atomic E-state index is 0.129. The van der Waals surface area contributed by atoms with Crippen LogP contribution in [-0.2, 0) is 0 Å². The Kier molecular flexibility index (Phi) is 3.18. The number of nitrogen functional groups attached to an aromatic ring is 1. The van der Waals surface area contributed by atoms with Crippen LogP contribution in [0, 0.1) is 11.6 Å². The van der Waals surface area contributed by atoms with Crippen molar-refractivity contribution in [1.29, 1.82) is 0 Å². The van der Waals surface area contributed by atoms with Gasteiger partial charge in [0, 0.05) is 13.1 Å². The molecule has 1 aliphatic heterocycles. The summed E-state index contributed by atoms with van der Waals surface area (Å²) in [7, 11) is 0. The second-order valence-electron chi connectivity index (χ2n) is 4.20. The molecule has 1 heterocycles. The number of nitrogens with two attached hydrogens (primary N) is 1. The molecule has 1 aliphatic rings. The molecule has 1 saturated heterocycles. The molecule has 98 valence electrons. The first kappa shape index (κ1) is 12.7. The lowest BCUT2D eigenvalue weighted by atomic mass is 10.1. The highest BCUT2D eigenvalue weighted by Gasteiger charge is 2.34. The van der Waals surface area contributed by atoms with Gasteiger partial charge < -0.3 is 20.8 Å². The first-order valence-electron chi connectivity index (χ1n) is 5.30. The van der Waals surface area contributed by atoms with E-state index < -0.39 is 41.0 Å². The molecule has 1 aromatic rings. The highest BCUT2D eigenvalue weighted by molar-refractivity contribution is 5.95. The van der Waals surface area contributed by atoms with Gasteiger partial charge in [-0.3, -0.25) is 4.79 Å². The maximum absolute atomic E-state index is 13.6. The first-order valence-corrected chi connectivity index (χ1v) is 5.30. The molecule has 5 nitrogen and oxygen atoms in total. The zero-order valence-electron chi connectivity index (χ0n) is 9.31. The summed E-state index contributed by atoms with van der Waals surface area (Å²) < 4.78 is 26.7. The number of rotatable bonds is 1. The van der Waals surface area contributed by atoms with Crippen LogP contribution in [0.25, 0.3) is 0 Å². The van der Waals surface area contributed by atoms with Crippen molar-refractivity contribution in [1.82, 2.24) is 4.90 Å². The van der Waals surface area contributed by atoms with Crippen molar-refractivity contribution < 1.29 is 23.8 Å². The lowest BCUT2D eigenvalue weighted by molar-refractivity contribution is 0.0572. The van der Waals surface area contributed by atoms with Crippen molar-refractivity contribution in [3.63, 3.8) is 0 Å². The molecule has 2 rings (SSSR count). The summed E-state index contributed by atoms with van der Waals surface area (Å²) in [4.78, 5) is 13.0. The minimum Gasteiger partial charge on any atom is -0.396 e. The SMILES string of the molecule is Nc1cc(F)cc(C(=O)N2CC(O)C(O)C2)c1F. The van der Waals surface area contributed by atoms with Gasteiger partial charge in [-0.2, -0.15) is 0 Å². The van der Waals surface area contributed by atoms with Crippen molar-refractivity contribution in [2.45, 2.75) is 12.2 Å². The number of β-amino-alcohol motifs (C(OH)–C–C–N with tert-alkyl or cyclic N) is 2. The molecular formula is C11H12F2N2O3. The van der Waals surface area contributed by atoms with Crippen molar-refractivity contribution in [3.05, 3.63) is 29.3 Å². The highest BCUT2D eigenvalue weighted by Crippen LogP contribution is 2.21. The maximum Gasteiger partial charge on any atom is 0.257 e. The Morgan fingerprint density at radius 1 is 1.28 bits per heavy atom. The third-order valence-electron chi connectivity index (χ3n) is 2.84. The molecule has 1 aromatic carbocycles. The highest BCUT2D eigenvalue weighted by atomic mass is 19.1. The van der Waals surface area contributed by atoms with Gasteiger partial charge in [-0.05, 0) is 12.1 Å². The monoisotopic (exact) mass is 258 g/mol. The quantitative estimate of drug-likeness (QED) is 0.605. The molecule has 18 heavy (non-hydrogen) atoms. The van der Waals surface area contributed by atoms with Crippen molar-refractivity contribution in [3.8, 4) is 0 Å². The minimum atomic E-state index is -1.08. The van der Waals surface area contributed by atoms with Crippen LogP contribution >= 0.6 is 0 Å². The third kappa shape index (κ3) is 2.14. The average Bonchev–Trinajstić information content (AvgIpc) is 2.63. The van der Waals surface area contributed by atoms with Gasteiger partial charge >= 0.3 is 0 Å². The number of hydrogen-bond acceptors (Lipinski definition) is 4. The number of nitrogens with zero attached hydrogens (tertiary/aromatic N) is 1. The van der Waals surface area contributed by atoms with Crippen LogP contribution in [0.3, 0.4) is 0 Å². The van der Waals surface area contributed by atoms with Gasteiger partial charge in [0.2, 0.25) is 0 Å². The lowest BCUT2D eigenvalue weighted by Gasteiger charge is -2.16. The van der Waals surface area contributed by atoms with E-state index in [-0.39, 0.29) is 13.1 Å². The molecule has 0 saturated carbocycles. The summed E-state index contributed by atoms with van der Waals surface area (Å²) in [6, 6.07) is 1.52. The molecule has 2 atom stereocenters. The first-order chi connectivity index (χ1) is 8.40. The predicted molar refractivity (Wildman–Crippen MR) is 58.7 cm³/mol. The molecule has 0 spiro atoms. The molecule has 0 bridgehead atoms. The van der Waals surface area contributed by atoms with Crippen molar-refractivity contribution in [2.24, 2.45) is 0 Å². The predicted octanol–water partition coefficient (Wildman–Crippen LogP) is -0.275. The smallest absolute Gasteiger partial charge is 0.257 e. The van der Waals surface area contributed by atoms with Gasteiger partial charge in [-0.25, -0.2) is 8.78 Å². The summed E-state index contributed by atoms with van der Waals surface area (Å²) >= 11 is 0. The Hall–Kier alpha value is -1.73. The van der Waals surface area contributed by atoms with Gasteiger partial charge in [0.05, 0.1) is 23.5 Å². The van der Waals surface area contributed by atoms with E-state index in [2.05, 4.69) is 0 Å². The molecular weight excluding hydrogens is 246 g/mol. The number of aliphatic hydroxyl groups excluding tert-OH is 2. The van der Waals surface area contributed by atoms with Crippen LogP contribution in [0.4, 0.5) is 14.5 Å². The topological polar surface area (TPSA) is 86.8 Å². The number of carbonyl (C=O) groups is 1. The molecule has 2 unspecified atom stereocenters. The van der Waals surface area contributed by atoms with Gasteiger partial charge in [-0.1, -0.05) is 0 Å². The Labute approximate surface area is 101 Å². The maximum atomic E-state index is 13.6. The van der Waals surface area contributed by atoms with E-state index in [0.29, 0.717) is 0 Å². The molecule has 1 fully saturated rings. The van der Waals surface area contributed by atoms with Crippen LogP contribution in [0.1, 0.15) is 10.4 Å². The van der Waals surface area contributed by atoms with E-state index in [1.807, 2.05) is 0 Å². The Balaban J connectivity index is 2.30. The van der Waals surface area contributed by atoms with E-state index in [9.17, 15) is 23.8 Å². The Morgan fingerprint density at radius 2 is 1.83 bits per heavy atom. The number of likely N-dealkylation sites (tertiary alicyclic amines) is 1. The summed E-state index contributed by atoms with van der Waals surface area (Å²) in [5.41, 5.74) is 4.26. The van der Waals surface area contributed by atoms with Crippen LogP contribution in [0.5, 0.6) is 0 Å². The largest absolute Gasteiger partial charge is 0.396 e. The van der Waals surface area contributed by atoms with Gasteiger partial charge in [0.25, 0.3) is 5.91 Å². The summed E-state index contributed by atoms with van der Waals surface area (Å²) in [6.45, 7) is -0.258. The number of hydrogen-bond donors (Lipinski definition) is 3. The molecule has 0 aromatic heterocycles. The lowest BCUT2D eigenvalue weighted by Crippen LogP contribution is -2.30. The third-order valence-corrected chi connectivity index (χ3v) is 2.84. The fourth-order valence-electron chi connectivity index (χ4n) is 1.87. The van der Waals surface area contributed by atoms with Crippen LogP contribution in [-0.4, -0.2) is 46.3 Å².